The van der Waals surface area contributed by atoms with Gasteiger partial charge in [-0.1, -0.05) is 12.1 Å². The summed E-state index contributed by atoms with van der Waals surface area (Å²) >= 11 is 0. The summed E-state index contributed by atoms with van der Waals surface area (Å²) in [5.41, 5.74) is 5.49. The average Bonchev–Trinajstić information content (AvgIpc) is 3.56. The molecule has 0 unspecified atom stereocenters. The molecule has 1 aromatic carbocycles. The second kappa shape index (κ2) is 7.63. The Hall–Kier alpha value is -3.95. The second-order valence-electron chi connectivity index (χ2n) is 8.19. The molecule has 2 amide bonds. The Labute approximate surface area is 185 Å². The molecule has 3 heterocycles. The van der Waals surface area contributed by atoms with Gasteiger partial charge in [0.15, 0.2) is 11.5 Å². The lowest BCUT2D eigenvalue weighted by Crippen LogP contribution is -2.24. The van der Waals surface area contributed by atoms with Gasteiger partial charge in [-0.3, -0.25) is 14.3 Å². The zero-order valence-corrected chi connectivity index (χ0v) is 18.1. The number of anilines is 4. The van der Waals surface area contributed by atoms with Crippen LogP contribution < -0.4 is 20.9 Å². The molecule has 0 saturated heterocycles. The topological polar surface area (TPSA) is 117 Å². The second-order valence-corrected chi connectivity index (χ2v) is 8.19. The highest BCUT2D eigenvalue weighted by Crippen LogP contribution is 2.43. The van der Waals surface area contributed by atoms with Crippen LogP contribution in [0.1, 0.15) is 28.9 Å². The van der Waals surface area contributed by atoms with Gasteiger partial charge < -0.3 is 20.9 Å². The number of nitrogens with one attached hydrogen (secondary N) is 3. The first kappa shape index (κ1) is 20.0. The van der Waals surface area contributed by atoms with Gasteiger partial charge in [-0.05, 0) is 18.9 Å². The lowest BCUT2D eigenvalue weighted by atomic mass is 9.99. The number of para-hydroxylation sites is 1. The molecule has 2 aliphatic rings. The molecule has 10 heteroatoms. The van der Waals surface area contributed by atoms with E-state index in [9.17, 15) is 9.59 Å². The van der Waals surface area contributed by atoms with Crippen molar-refractivity contribution in [3.63, 3.8) is 0 Å². The highest BCUT2D eigenvalue weighted by molar-refractivity contribution is 6.01. The van der Waals surface area contributed by atoms with Gasteiger partial charge in [-0.25, -0.2) is 0 Å². The molecule has 164 valence electrons. The maximum atomic E-state index is 12.4. The van der Waals surface area contributed by atoms with E-state index in [0.717, 1.165) is 41.0 Å². The van der Waals surface area contributed by atoms with E-state index in [2.05, 4.69) is 36.1 Å². The van der Waals surface area contributed by atoms with Crippen LogP contribution in [0, 0.1) is 5.92 Å². The van der Waals surface area contributed by atoms with Gasteiger partial charge in [0.25, 0.3) is 5.91 Å². The van der Waals surface area contributed by atoms with E-state index in [-0.39, 0.29) is 23.4 Å². The summed E-state index contributed by atoms with van der Waals surface area (Å²) in [4.78, 5) is 26.8. The molecule has 1 aliphatic carbocycles. The summed E-state index contributed by atoms with van der Waals surface area (Å²) in [6.45, 7) is 0.717. The summed E-state index contributed by atoms with van der Waals surface area (Å²) in [7, 11) is 5.47. The van der Waals surface area contributed by atoms with Crippen molar-refractivity contribution in [3.05, 3.63) is 41.7 Å². The minimum absolute atomic E-state index is 0.0363. The van der Waals surface area contributed by atoms with Gasteiger partial charge >= 0.3 is 0 Å². The van der Waals surface area contributed by atoms with Crippen LogP contribution in [0.4, 0.5) is 22.9 Å². The van der Waals surface area contributed by atoms with Gasteiger partial charge in [0.05, 0.1) is 22.8 Å². The van der Waals surface area contributed by atoms with Crippen LogP contribution in [0.5, 0.6) is 0 Å². The average molecular weight is 432 g/mol. The number of carbonyl (C=O) groups is 2. The van der Waals surface area contributed by atoms with E-state index >= 15 is 0 Å². The van der Waals surface area contributed by atoms with Crippen molar-refractivity contribution in [2.45, 2.75) is 19.4 Å². The van der Waals surface area contributed by atoms with E-state index in [1.54, 1.807) is 6.07 Å². The number of amides is 2. The number of aromatic nitrogens is 4. The van der Waals surface area contributed by atoms with Crippen molar-refractivity contribution in [1.82, 2.24) is 25.3 Å². The van der Waals surface area contributed by atoms with Crippen molar-refractivity contribution in [3.8, 4) is 11.3 Å². The van der Waals surface area contributed by atoms with Crippen molar-refractivity contribution in [1.29, 1.82) is 0 Å². The SMILES string of the molecule is CNC(=O)c1nnc(NC(=O)C2CC2)cc1Nc1cccc2c1N(C)Cc1cn(C)nc1-2. The fourth-order valence-electron chi connectivity index (χ4n) is 4.01. The van der Waals surface area contributed by atoms with Crippen molar-refractivity contribution >= 4 is 34.7 Å². The number of aryl methyl sites for hydroxylation is 1. The number of carbonyl (C=O) groups excluding carboxylic acids is 2. The largest absolute Gasteiger partial charge is 0.368 e. The zero-order valence-electron chi connectivity index (χ0n) is 18.1. The lowest BCUT2D eigenvalue weighted by Gasteiger charge is -2.29. The summed E-state index contributed by atoms with van der Waals surface area (Å²) in [6, 6.07) is 7.57. The van der Waals surface area contributed by atoms with E-state index in [1.165, 1.54) is 7.05 Å². The summed E-state index contributed by atoms with van der Waals surface area (Å²) in [5, 5.41) is 21.5. The molecular weight excluding hydrogens is 408 g/mol. The van der Waals surface area contributed by atoms with Gasteiger partial charge in [0, 0.05) is 57.0 Å². The van der Waals surface area contributed by atoms with Gasteiger partial charge in [-0.15, -0.1) is 10.2 Å². The molecule has 0 spiro atoms. The highest BCUT2D eigenvalue weighted by atomic mass is 16.2. The number of fused-ring (bicyclic) bond motifs is 3. The Morgan fingerprint density at radius 2 is 1.94 bits per heavy atom. The molecule has 1 aliphatic heterocycles. The maximum absolute atomic E-state index is 12.4. The summed E-state index contributed by atoms with van der Waals surface area (Å²) in [6.07, 6.45) is 3.80. The van der Waals surface area contributed by atoms with E-state index in [0.29, 0.717) is 18.1 Å². The predicted molar refractivity (Wildman–Crippen MR) is 121 cm³/mol. The fraction of sp³-hybridized carbons (Fsp3) is 0.318. The van der Waals surface area contributed by atoms with Crippen LogP contribution in [-0.4, -0.2) is 45.9 Å². The Morgan fingerprint density at radius 1 is 1.12 bits per heavy atom. The molecule has 3 aromatic rings. The van der Waals surface area contributed by atoms with Crippen LogP contribution in [0.3, 0.4) is 0 Å². The zero-order chi connectivity index (χ0) is 22.4. The van der Waals surface area contributed by atoms with Gasteiger partial charge in [0.2, 0.25) is 5.91 Å². The number of benzene rings is 1. The van der Waals surface area contributed by atoms with E-state index < -0.39 is 0 Å². The summed E-state index contributed by atoms with van der Waals surface area (Å²) < 4.78 is 1.82. The lowest BCUT2D eigenvalue weighted by molar-refractivity contribution is -0.117. The maximum Gasteiger partial charge on any atom is 0.273 e. The van der Waals surface area contributed by atoms with Crippen molar-refractivity contribution in [2.75, 3.05) is 29.6 Å². The van der Waals surface area contributed by atoms with Crippen molar-refractivity contribution < 1.29 is 9.59 Å². The first-order valence-electron chi connectivity index (χ1n) is 10.5. The number of hydrogen-bond donors (Lipinski definition) is 3. The predicted octanol–water partition coefficient (Wildman–Crippen LogP) is 2.28. The molecule has 0 radical (unpaired) electrons. The highest BCUT2D eigenvalue weighted by Gasteiger charge is 2.30. The molecule has 1 fully saturated rings. The quantitative estimate of drug-likeness (QED) is 0.566. The minimum Gasteiger partial charge on any atom is -0.368 e. The van der Waals surface area contributed by atoms with E-state index in [4.69, 9.17) is 0 Å². The van der Waals surface area contributed by atoms with Crippen LogP contribution in [0.2, 0.25) is 0 Å². The third kappa shape index (κ3) is 3.53. The smallest absolute Gasteiger partial charge is 0.273 e. The summed E-state index contributed by atoms with van der Waals surface area (Å²) in [5.74, 6) is -0.0981. The molecule has 32 heavy (non-hydrogen) atoms. The number of rotatable bonds is 5. The number of hydrogen-bond acceptors (Lipinski definition) is 7. The standard InChI is InChI=1S/C22H24N8O2/c1-23-22(32)19-16(9-17(26-27-19)25-21(31)12-7-8-12)24-15-6-4-5-14-18-13(11-30(3)28-18)10-29(2)20(14)15/h4-6,9,11-12H,7-8,10H2,1-3H3,(H,23,32)(H2,24,25,26,31). The van der Waals surface area contributed by atoms with Crippen LogP contribution in [-0.2, 0) is 18.4 Å². The Morgan fingerprint density at radius 3 is 2.69 bits per heavy atom. The molecule has 1 saturated carbocycles. The minimum atomic E-state index is -0.370. The van der Waals surface area contributed by atoms with Crippen LogP contribution >= 0.6 is 0 Å². The third-order valence-electron chi connectivity index (χ3n) is 5.69. The first-order chi connectivity index (χ1) is 15.4. The number of nitrogens with zero attached hydrogens (tertiary/aromatic N) is 5. The van der Waals surface area contributed by atoms with Crippen molar-refractivity contribution in [2.24, 2.45) is 13.0 Å². The van der Waals surface area contributed by atoms with Gasteiger partial charge in [0.1, 0.15) is 0 Å². The monoisotopic (exact) mass is 432 g/mol. The third-order valence-corrected chi connectivity index (χ3v) is 5.69. The Bertz CT molecular complexity index is 1230. The molecule has 0 atom stereocenters. The Kier molecular flexibility index (Phi) is 4.76. The van der Waals surface area contributed by atoms with Crippen LogP contribution in [0.25, 0.3) is 11.3 Å². The van der Waals surface area contributed by atoms with E-state index in [1.807, 2.05) is 43.2 Å². The molecule has 5 rings (SSSR count). The fourth-order valence-corrected chi connectivity index (χ4v) is 4.01. The molecular formula is C22H24N8O2. The first-order valence-corrected chi connectivity index (χ1v) is 10.5. The molecule has 10 nitrogen and oxygen atoms in total. The molecule has 0 bridgehead atoms. The molecule has 3 N–H and O–H groups in total. The molecule has 2 aromatic heterocycles. The van der Waals surface area contributed by atoms with Crippen LogP contribution in [0.15, 0.2) is 30.5 Å². The van der Waals surface area contributed by atoms with Gasteiger partial charge in [-0.2, -0.15) is 5.10 Å². The Balaban J connectivity index is 1.55. The normalized spacial score (nSPS) is 14.4.